The van der Waals surface area contributed by atoms with Gasteiger partial charge in [-0.15, -0.1) is 0 Å². The summed E-state index contributed by atoms with van der Waals surface area (Å²) in [4.78, 5) is 11.0. The van der Waals surface area contributed by atoms with Gasteiger partial charge in [-0.05, 0) is 44.0 Å². The Morgan fingerprint density at radius 2 is 1.87 bits per heavy atom. The van der Waals surface area contributed by atoms with Crippen molar-refractivity contribution < 1.29 is 9.53 Å². The van der Waals surface area contributed by atoms with Crippen molar-refractivity contribution in [2.24, 2.45) is 0 Å². The molecule has 2 nitrogen and oxygen atoms in total. The van der Waals surface area contributed by atoms with Gasteiger partial charge in [0.15, 0.2) is 5.78 Å². The van der Waals surface area contributed by atoms with Crippen molar-refractivity contribution >= 4 is 5.78 Å². The van der Waals surface area contributed by atoms with E-state index in [4.69, 9.17) is 4.74 Å². The Morgan fingerprint density at radius 3 is 2.40 bits per heavy atom. The molecule has 0 unspecified atom stereocenters. The first-order valence-corrected chi connectivity index (χ1v) is 4.43. The fourth-order valence-corrected chi connectivity index (χ4v) is 0.930. The Balaban J connectivity index is 2.69. The van der Waals surface area contributed by atoms with Gasteiger partial charge in [0.1, 0.15) is 11.9 Å². The van der Waals surface area contributed by atoms with E-state index in [0.29, 0.717) is 11.3 Å². The van der Waals surface area contributed by atoms with Crippen LogP contribution in [0.3, 0.4) is 0 Å². The van der Waals surface area contributed by atoms with Crippen LogP contribution in [0.15, 0.2) is 24.3 Å². The molecule has 0 N–H and O–H groups in total. The van der Waals surface area contributed by atoms with E-state index >= 15 is 0 Å². The van der Waals surface area contributed by atoms with E-state index in [-0.39, 0.29) is 5.78 Å². The highest BCUT2D eigenvalue weighted by Crippen LogP contribution is 2.11. The van der Waals surface area contributed by atoms with Gasteiger partial charge in [-0.3, -0.25) is 4.79 Å². The van der Waals surface area contributed by atoms with Crippen LogP contribution in [0.5, 0.6) is 5.75 Å². The average molecular weight is 198 g/mol. The van der Waals surface area contributed by atoms with Gasteiger partial charge in [0.25, 0.3) is 0 Å². The van der Waals surface area contributed by atoms with Gasteiger partial charge in [-0.1, -0.05) is 5.92 Å². The zero-order valence-corrected chi connectivity index (χ0v) is 8.63. The van der Waals surface area contributed by atoms with E-state index in [2.05, 4.69) is 23.9 Å². The molecule has 0 atom stereocenters. The average Bonchev–Trinajstić information content (AvgIpc) is 2.25. The number of ether oxygens (including phenoxy) is 1. The Hall–Kier alpha value is -2.19. The second-order valence-electron chi connectivity index (χ2n) is 2.78. The highest BCUT2D eigenvalue weighted by atomic mass is 16.5. The smallest absolute Gasteiger partial charge is 0.159 e. The molecule has 0 radical (unpaired) electrons. The van der Waals surface area contributed by atoms with Gasteiger partial charge in [0, 0.05) is 11.5 Å². The molecule has 0 spiro atoms. The third kappa shape index (κ3) is 3.58. The van der Waals surface area contributed by atoms with Gasteiger partial charge in [0.2, 0.25) is 0 Å². The Bertz CT molecular complexity index is 461. The maximum absolute atomic E-state index is 11.0. The molecular weight excluding hydrogens is 188 g/mol. The number of hydrogen-bond acceptors (Lipinski definition) is 2. The van der Waals surface area contributed by atoms with E-state index in [1.807, 2.05) is 0 Å². The quantitative estimate of drug-likeness (QED) is 0.538. The molecule has 0 aromatic heterocycles. The number of rotatable bonds is 2. The molecule has 0 aliphatic rings. The summed E-state index contributed by atoms with van der Waals surface area (Å²) in [7, 11) is 0. The fraction of sp³-hybridized carbons (Fsp3) is 0.154. The monoisotopic (exact) mass is 198 g/mol. The van der Waals surface area contributed by atoms with Crippen molar-refractivity contribution in [2.75, 3.05) is 0 Å². The molecule has 0 saturated carbocycles. The van der Waals surface area contributed by atoms with E-state index < -0.39 is 0 Å². The third-order valence-electron chi connectivity index (χ3n) is 1.67. The first kappa shape index (κ1) is 10.9. The largest absolute Gasteiger partial charge is 0.407 e. The molecule has 0 bridgehead atoms. The van der Waals surface area contributed by atoms with Crippen molar-refractivity contribution in [3.8, 4) is 29.6 Å². The van der Waals surface area contributed by atoms with Crippen LogP contribution < -0.4 is 4.74 Å². The van der Waals surface area contributed by atoms with Crippen LogP contribution in [0.4, 0.5) is 0 Å². The van der Waals surface area contributed by atoms with Gasteiger partial charge < -0.3 is 4.74 Å². The number of Topliss-reactive ketones (excluding diaryl/α,β-unsaturated/α-hetero) is 1. The molecule has 15 heavy (non-hydrogen) atoms. The van der Waals surface area contributed by atoms with Gasteiger partial charge in [-0.25, -0.2) is 0 Å². The molecule has 74 valence electrons. The number of benzene rings is 1. The summed E-state index contributed by atoms with van der Waals surface area (Å²) in [6.07, 6.45) is 2.44. The van der Waals surface area contributed by atoms with Crippen LogP contribution in [0.1, 0.15) is 24.2 Å². The summed E-state index contributed by atoms with van der Waals surface area (Å²) in [6, 6.07) is 6.80. The second kappa shape index (κ2) is 5.52. The summed E-state index contributed by atoms with van der Waals surface area (Å²) in [6.45, 7) is 3.23. The van der Waals surface area contributed by atoms with E-state index in [0.717, 1.165) is 0 Å². The number of carbonyl (C=O) groups is 1. The predicted octanol–water partition coefficient (Wildman–Crippen LogP) is 2.25. The molecule has 1 rings (SSSR count). The second-order valence-corrected chi connectivity index (χ2v) is 2.78. The minimum absolute atomic E-state index is 0.0319. The van der Waals surface area contributed by atoms with Crippen LogP contribution in [-0.4, -0.2) is 5.78 Å². The van der Waals surface area contributed by atoms with Gasteiger partial charge >= 0.3 is 0 Å². The van der Waals surface area contributed by atoms with E-state index in [9.17, 15) is 4.79 Å². The van der Waals surface area contributed by atoms with Crippen LogP contribution in [0.25, 0.3) is 0 Å². The molecule has 0 aliphatic heterocycles. The normalized spacial score (nSPS) is 7.87. The summed E-state index contributed by atoms with van der Waals surface area (Å²) in [5.74, 6) is 8.34. The minimum atomic E-state index is 0.0319. The summed E-state index contributed by atoms with van der Waals surface area (Å²) in [5, 5.41) is 0. The zero-order chi connectivity index (χ0) is 11.1. The minimum Gasteiger partial charge on any atom is -0.407 e. The van der Waals surface area contributed by atoms with Crippen LogP contribution in [-0.2, 0) is 0 Å². The lowest BCUT2D eigenvalue weighted by Crippen LogP contribution is -1.91. The molecule has 1 aromatic rings. The topological polar surface area (TPSA) is 26.3 Å². The van der Waals surface area contributed by atoms with Crippen molar-refractivity contribution in [1.29, 1.82) is 0 Å². The Kier molecular flexibility index (Phi) is 4.01. The maximum atomic E-state index is 11.0. The van der Waals surface area contributed by atoms with Crippen molar-refractivity contribution in [2.45, 2.75) is 13.8 Å². The first-order valence-electron chi connectivity index (χ1n) is 4.43. The molecule has 0 heterocycles. The maximum Gasteiger partial charge on any atom is 0.159 e. The molecule has 0 aliphatic carbocycles. The summed E-state index contributed by atoms with van der Waals surface area (Å²) < 4.78 is 5.07. The Labute approximate surface area is 89.3 Å². The standard InChI is InChI=1S/C13H10O2/c1-3-4-5-10-15-13-8-6-12(7-9-13)11(2)14/h6-9H,1-2H3. The molecular formula is C13H10O2. The van der Waals surface area contributed by atoms with Crippen molar-refractivity contribution in [3.63, 3.8) is 0 Å². The zero-order valence-electron chi connectivity index (χ0n) is 8.63. The summed E-state index contributed by atoms with van der Waals surface area (Å²) >= 11 is 0. The molecule has 1 aromatic carbocycles. The lowest BCUT2D eigenvalue weighted by Gasteiger charge is -1.97. The molecule has 0 saturated heterocycles. The third-order valence-corrected chi connectivity index (χ3v) is 1.67. The number of carbonyl (C=O) groups excluding carboxylic acids is 1. The highest BCUT2D eigenvalue weighted by Gasteiger charge is 1.98. The molecule has 2 heteroatoms. The van der Waals surface area contributed by atoms with Gasteiger partial charge in [-0.2, -0.15) is 0 Å². The van der Waals surface area contributed by atoms with Crippen molar-refractivity contribution in [1.82, 2.24) is 0 Å². The predicted molar refractivity (Wildman–Crippen MR) is 58.3 cm³/mol. The first-order chi connectivity index (χ1) is 7.24. The highest BCUT2D eigenvalue weighted by molar-refractivity contribution is 5.94. The van der Waals surface area contributed by atoms with Gasteiger partial charge in [0.05, 0.1) is 0 Å². The van der Waals surface area contributed by atoms with Crippen molar-refractivity contribution in [3.05, 3.63) is 29.8 Å². The van der Waals surface area contributed by atoms with E-state index in [1.54, 1.807) is 31.2 Å². The molecule has 0 amide bonds. The Morgan fingerprint density at radius 1 is 1.20 bits per heavy atom. The SMILES string of the molecule is CC#CC#COc1ccc(C(C)=O)cc1. The van der Waals surface area contributed by atoms with Crippen LogP contribution >= 0.6 is 0 Å². The number of hydrogen-bond donors (Lipinski definition) is 0. The fourth-order valence-electron chi connectivity index (χ4n) is 0.930. The summed E-state index contributed by atoms with van der Waals surface area (Å²) in [5.41, 5.74) is 0.656. The lowest BCUT2D eigenvalue weighted by atomic mass is 10.1. The van der Waals surface area contributed by atoms with Crippen LogP contribution in [0.2, 0.25) is 0 Å². The van der Waals surface area contributed by atoms with Crippen LogP contribution in [0, 0.1) is 23.9 Å². The van der Waals surface area contributed by atoms with E-state index in [1.165, 1.54) is 6.92 Å². The molecule has 0 fully saturated rings. The number of ketones is 1. The lowest BCUT2D eigenvalue weighted by molar-refractivity contribution is 0.101.